The summed E-state index contributed by atoms with van der Waals surface area (Å²) in [6.07, 6.45) is 7.21. The summed E-state index contributed by atoms with van der Waals surface area (Å²) in [6, 6.07) is 0. The van der Waals surface area contributed by atoms with Gasteiger partial charge in [0, 0.05) is 14.2 Å². The number of allylic oxidation sites excluding steroid dienone is 2. The van der Waals surface area contributed by atoms with Crippen molar-refractivity contribution >= 4 is 15.3 Å². The Labute approximate surface area is 110 Å². The van der Waals surface area contributed by atoms with E-state index >= 15 is 0 Å². The largest absolute Gasteiger partial charge is 0.461 e. The zero-order chi connectivity index (χ0) is 13.1. The molecule has 2 rings (SSSR count). The molecular formula is C13H22O4Si. The fourth-order valence-corrected chi connectivity index (χ4v) is 4.45. The van der Waals surface area contributed by atoms with Crippen molar-refractivity contribution in [3.8, 4) is 0 Å². The number of hydrogen-bond acceptors (Lipinski definition) is 4. The number of esters is 1. The van der Waals surface area contributed by atoms with E-state index in [0.717, 1.165) is 19.3 Å². The van der Waals surface area contributed by atoms with E-state index in [0.29, 0.717) is 11.8 Å². The Balaban J connectivity index is 1.91. The molecule has 2 aliphatic rings. The number of fused-ring (bicyclic) bond motifs is 2. The fourth-order valence-electron chi connectivity index (χ4n) is 3.02. The molecule has 0 aliphatic heterocycles. The second-order valence-electron chi connectivity index (χ2n) is 5.11. The Hall–Kier alpha value is -0.653. The van der Waals surface area contributed by atoms with E-state index in [-0.39, 0.29) is 17.6 Å². The standard InChI is InChI=1S/C13H22O4Si/c1-4-12(18(15-2)16-3)17-13(14)11-8-9-5-6-10(11)7-9/h5-6,9-12,18H,4,7-8H2,1-3H3. The fraction of sp³-hybridized carbons (Fsp3) is 0.769. The molecule has 1 fully saturated rings. The molecule has 2 bridgehead atoms. The van der Waals surface area contributed by atoms with Gasteiger partial charge < -0.3 is 13.6 Å². The van der Waals surface area contributed by atoms with Crippen molar-refractivity contribution in [3.63, 3.8) is 0 Å². The van der Waals surface area contributed by atoms with Crippen LogP contribution >= 0.6 is 0 Å². The molecule has 0 aromatic carbocycles. The van der Waals surface area contributed by atoms with Gasteiger partial charge in [-0.05, 0) is 31.1 Å². The lowest BCUT2D eigenvalue weighted by Gasteiger charge is -2.24. The quantitative estimate of drug-likeness (QED) is 0.417. The van der Waals surface area contributed by atoms with Gasteiger partial charge in [0.1, 0.15) is 5.73 Å². The lowest BCUT2D eigenvalue weighted by Crippen LogP contribution is -2.40. The van der Waals surface area contributed by atoms with Crippen molar-refractivity contribution in [1.82, 2.24) is 0 Å². The summed E-state index contributed by atoms with van der Waals surface area (Å²) in [6.45, 7) is 2.00. The summed E-state index contributed by atoms with van der Waals surface area (Å²) in [5, 5.41) is 0. The highest BCUT2D eigenvalue weighted by Gasteiger charge is 2.42. The van der Waals surface area contributed by atoms with Gasteiger partial charge in [0.25, 0.3) is 0 Å². The van der Waals surface area contributed by atoms with Crippen LogP contribution in [0.4, 0.5) is 0 Å². The number of rotatable bonds is 6. The van der Waals surface area contributed by atoms with E-state index in [4.69, 9.17) is 13.6 Å². The van der Waals surface area contributed by atoms with Crippen molar-refractivity contribution in [1.29, 1.82) is 0 Å². The number of carbonyl (C=O) groups excluding carboxylic acids is 1. The molecule has 0 radical (unpaired) electrons. The highest BCUT2D eigenvalue weighted by Crippen LogP contribution is 2.44. The molecule has 4 unspecified atom stereocenters. The molecule has 4 nitrogen and oxygen atoms in total. The van der Waals surface area contributed by atoms with Crippen LogP contribution in [-0.4, -0.2) is 35.2 Å². The van der Waals surface area contributed by atoms with Gasteiger partial charge in [-0.25, -0.2) is 0 Å². The van der Waals surface area contributed by atoms with E-state index in [1.165, 1.54) is 0 Å². The van der Waals surface area contributed by atoms with Crippen molar-refractivity contribution in [2.75, 3.05) is 14.2 Å². The molecule has 5 heteroatoms. The zero-order valence-electron chi connectivity index (χ0n) is 11.3. The molecule has 1 saturated carbocycles. The van der Waals surface area contributed by atoms with Gasteiger partial charge in [-0.2, -0.15) is 0 Å². The first kappa shape index (κ1) is 13.8. The maximum absolute atomic E-state index is 12.2. The van der Waals surface area contributed by atoms with Gasteiger partial charge in [-0.15, -0.1) is 0 Å². The third-order valence-electron chi connectivity index (χ3n) is 4.02. The SMILES string of the molecule is CCC(OC(=O)C1CC2C=CC1C2)[SiH](OC)OC. The molecule has 0 saturated heterocycles. The molecule has 0 aromatic heterocycles. The Morgan fingerprint density at radius 3 is 2.50 bits per heavy atom. The lowest BCUT2D eigenvalue weighted by atomic mass is 9.94. The molecule has 0 aromatic rings. The van der Waals surface area contributed by atoms with E-state index < -0.39 is 9.28 Å². The third-order valence-corrected chi connectivity index (χ3v) is 6.16. The summed E-state index contributed by atoms with van der Waals surface area (Å²) in [5.74, 6) is 0.971. The number of ether oxygens (including phenoxy) is 1. The van der Waals surface area contributed by atoms with Crippen molar-refractivity contribution in [2.45, 2.75) is 31.9 Å². The summed E-state index contributed by atoms with van der Waals surface area (Å²) in [7, 11) is 1.36. The summed E-state index contributed by atoms with van der Waals surface area (Å²) in [5.41, 5.74) is -0.185. The Morgan fingerprint density at radius 1 is 1.33 bits per heavy atom. The van der Waals surface area contributed by atoms with Crippen molar-refractivity contribution in [2.24, 2.45) is 17.8 Å². The van der Waals surface area contributed by atoms with Gasteiger partial charge in [-0.1, -0.05) is 19.1 Å². The molecule has 0 amide bonds. The first-order valence-corrected chi connectivity index (χ1v) is 8.25. The van der Waals surface area contributed by atoms with Crippen LogP contribution in [-0.2, 0) is 18.4 Å². The van der Waals surface area contributed by atoms with Crippen LogP contribution < -0.4 is 0 Å². The predicted octanol–water partition coefficient (Wildman–Crippen LogP) is 1.57. The van der Waals surface area contributed by atoms with Crippen LogP contribution in [0.5, 0.6) is 0 Å². The van der Waals surface area contributed by atoms with Crippen LogP contribution in [0.15, 0.2) is 12.2 Å². The molecule has 18 heavy (non-hydrogen) atoms. The van der Waals surface area contributed by atoms with Crippen LogP contribution in [0, 0.1) is 17.8 Å². The van der Waals surface area contributed by atoms with E-state index in [9.17, 15) is 4.79 Å². The molecule has 102 valence electrons. The third kappa shape index (κ3) is 2.68. The monoisotopic (exact) mass is 270 g/mol. The van der Waals surface area contributed by atoms with Gasteiger partial charge in [0.2, 0.25) is 0 Å². The Bertz CT molecular complexity index is 327. The topological polar surface area (TPSA) is 44.8 Å². The number of carbonyl (C=O) groups is 1. The second-order valence-corrected chi connectivity index (χ2v) is 7.53. The van der Waals surface area contributed by atoms with Crippen LogP contribution in [0.25, 0.3) is 0 Å². The Morgan fingerprint density at radius 2 is 2.06 bits per heavy atom. The van der Waals surface area contributed by atoms with Gasteiger partial charge in [0.05, 0.1) is 5.92 Å². The van der Waals surface area contributed by atoms with Crippen LogP contribution in [0.1, 0.15) is 26.2 Å². The van der Waals surface area contributed by atoms with Crippen molar-refractivity contribution < 1.29 is 18.4 Å². The van der Waals surface area contributed by atoms with E-state index in [1.807, 2.05) is 6.92 Å². The van der Waals surface area contributed by atoms with Gasteiger partial charge >= 0.3 is 15.3 Å². The van der Waals surface area contributed by atoms with Crippen molar-refractivity contribution in [3.05, 3.63) is 12.2 Å². The molecule has 0 N–H and O–H groups in total. The van der Waals surface area contributed by atoms with Gasteiger partial charge in [-0.3, -0.25) is 4.79 Å². The lowest BCUT2D eigenvalue weighted by molar-refractivity contribution is -0.152. The maximum Gasteiger partial charge on any atom is 0.363 e. The van der Waals surface area contributed by atoms with Crippen LogP contribution in [0.2, 0.25) is 0 Å². The molecule has 0 spiro atoms. The first-order valence-electron chi connectivity index (χ1n) is 6.64. The summed E-state index contributed by atoms with van der Waals surface area (Å²) >= 11 is 0. The molecular weight excluding hydrogens is 248 g/mol. The zero-order valence-corrected chi connectivity index (χ0v) is 12.5. The average Bonchev–Trinajstić information content (AvgIpc) is 3.00. The molecule has 0 heterocycles. The van der Waals surface area contributed by atoms with Gasteiger partial charge in [0.15, 0.2) is 0 Å². The molecule has 2 aliphatic carbocycles. The van der Waals surface area contributed by atoms with E-state index in [1.54, 1.807) is 14.2 Å². The Kier molecular flexibility index (Phi) is 4.58. The summed E-state index contributed by atoms with van der Waals surface area (Å²) in [4.78, 5) is 12.2. The minimum atomic E-state index is -1.89. The highest BCUT2D eigenvalue weighted by atomic mass is 28.3. The minimum Gasteiger partial charge on any atom is -0.461 e. The maximum atomic E-state index is 12.2. The second kappa shape index (κ2) is 5.99. The van der Waals surface area contributed by atoms with E-state index in [2.05, 4.69) is 12.2 Å². The smallest absolute Gasteiger partial charge is 0.363 e. The summed E-state index contributed by atoms with van der Waals surface area (Å²) < 4.78 is 16.2. The normalized spacial score (nSPS) is 31.0. The number of hydrogen-bond donors (Lipinski definition) is 0. The predicted molar refractivity (Wildman–Crippen MR) is 70.2 cm³/mol. The first-order chi connectivity index (χ1) is 8.69. The minimum absolute atomic E-state index is 0.0532. The van der Waals surface area contributed by atoms with Crippen LogP contribution in [0.3, 0.4) is 0 Å². The average molecular weight is 270 g/mol. The molecule has 4 atom stereocenters. The highest BCUT2D eigenvalue weighted by molar-refractivity contribution is 6.46.